The smallest absolute Gasteiger partial charge is 0.294 e. The predicted molar refractivity (Wildman–Crippen MR) is 69.7 cm³/mol. The van der Waals surface area contributed by atoms with Crippen molar-refractivity contribution < 1.29 is 22.4 Å². The zero-order valence-corrected chi connectivity index (χ0v) is 12.0. The number of aryl methyl sites for hydroxylation is 1. The third-order valence-corrected chi connectivity index (χ3v) is 4.07. The molecular weight excluding hydrogens is 268 g/mol. The van der Waals surface area contributed by atoms with Crippen molar-refractivity contribution >= 4 is 10.1 Å². The van der Waals surface area contributed by atoms with Crippen molar-refractivity contribution in [1.29, 1.82) is 0 Å². The Morgan fingerprint density at radius 1 is 1.26 bits per heavy atom. The summed E-state index contributed by atoms with van der Waals surface area (Å²) in [6.07, 6.45) is 0. The van der Waals surface area contributed by atoms with Crippen LogP contribution in [0.25, 0.3) is 0 Å². The molecule has 0 bridgehead atoms. The van der Waals surface area contributed by atoms with E-state index in [1.807, 2.05) is 20.8 Å². The van der Waals surface area contributed by atoms with Gasteiger partial charge in [0.1, 0.15) is 0 Å². The Morgan fingerprint density at radius 3 is 2.37 bits per heavy atom. The van der Waals surface area contributed by atoms with Gasteiger partial charge in [-0.15, -0.1) is 0 Å². The molecule has 1 heterocycles. The van der Waals surface area contributed by atoms with Gasteiger partial charge in [-0.05, 0) is 32.4 Å². The summed E-state index contributed by atoms with van der Waals surface area (Å²) < 4.78 is 43.2. The van der Waals surface area contributed by atoms with Gasteiger partial charge >= 0.3 is 0 Å². The molecule has 2 rings (SSSR count). The molecule has 0 amide bonds. The average Bonchev–Trinajstić information content (AvgIpc) is 2.27. The fraction of sp³-hybridized carbons (Fsp3) is 0.538. The second-order valence-electron chi connectivity index (χ2n) is 5.24. The minimum absolute atomic E-state index is 0.0741. The first-order chi connectivity index (χ1) is 8.69. The molecule has 0 spiro atoms. The molecule has 0 aliphatic carbocycles. The standard InChI is InChI=1S/C13H18O5S/c1-9-4-5-12(19(14,15)16)11(6-9)10-7-17-13(2,3)18-8-10/h4-6,10H,7-8H2,1-3H3,(H,14,15,16). The van der Waals surface area contributed by atoms with Crippen molar-refractivity contribution in [2.24, 2.45) is 0 Å². The van der Waals surface area contributed by atoms with E-state index in [2.05, 4.69) is 0 Å². The molecule has 1 N–H and O–H groups in total. The first-order valence-corrected chi connectivity index (χ1v) is 7.49. The zero-order valence-electron chi connectivity index (χ0n) is 11.2. The lowest BCUT2D eigenvalue weighted by atomic mass is 9.98. The lowest BCUT2D eigenvalue weighted by Gasteiger charge is -2.35. The monoisotopic (exact) mass is 286 g/mol. The molecule has 6 heteroatoms. The Bertz CT molecular complexity index is 567. The van der Waals surface area contributed by atoms with Crippen LogP contribution in [0.1, 0.15) is 30.9 Å². The van der Waals surface area contributed by atoms with Gasteiger partial charge in [0, 0.05) is 5.92 Å². The molecule has 1 fully saturated rings. The van der Waals surface area contributed by atoms with Crippen LogP contribution in [0.3, 0.4) is 0 Å². The number of hydrogen-bond donors (Lipinski definition) is 1. The molecule has 0 saturated carbocycles. The van der Waals surface area contributed by atoms with Crippen LogP contribution in [0.15, 0.2) is 23.1 Å². The van der Waals surface area contributed by atoms with Gasteiger partial charge in [0.15, 0.2) is 5.79 Å². The normalized spacial score (nSPS) is 20.4. The highest BCUT2D eigenvalue weighted by Gasteiger charge is 2.31. The minimum Gasteiger partial charge on any atom is -0.350 e. The maximum absolute atomic E-state index is 11.4. The Kier molecular flexibility index (Phi) is 3.70. The van der Waals surface area contributed by atoms with E-state index in [-0.39, 0.29) is 10.8 Å². The summed E-state index contributed by atoms with van der Waals surface area (Å²) in [6.45, 7) is 6.20. The molecular formula is C13H18O5S. The number of benzene rings is 1. The number of rotatable bonds is 2. The van der Waals surface area contributed by atoms with E-state index in [0.29, 0.717) is 18.8 Å². The van der Waals surface area contributed by atoms with Crippen LogP contribution in [0.5, 0.6) is 0 Å². The second kappa shape index (κ2) is 4.86. The summed E-state index contributed by atoms with van der Waals surface area (Å²) >= 11 is 0. The van der Waals surface area contributed by atoms with E-state index in [9.17, 15) is 13.0 Å². The van der Waals surface area contributed by atoms with Crippen molar-refractivity contribution in [2.75, 3.05) is 13.2 Å². The van der Waals surface area contributed by atoms with Crippen LogP contribution >= 0.6 is 0 Å². The van der Waals surface area contributed by atoms with Gasteiger partial charge in [0.25, 0.3) is 10.1 Å². The van der Waals surface area contributed by atoms with Crippen molar-refractivity contribution in [2.45, 2.75) is 37.4 Å². The van der Waals surface area contributed by atoms with Crippen LogP contribution < -0.4 is 0 Å². The highest BCUT2D eigenvalue weighted by atomic mass is 32.2. The Balaban J connectivity index is 2.37. The molecule has 1 aromatic rings. The average molecular weight is 286 g/mol. The van der Waals surface area contributed by atoms with E-state index >= 15 is 0 Å². The first-order valence-electron chi connectivity index (χ1n) is 6.05. The zero-order chi connectivity index (χ0) is 14.3. The third kappa shape index (κ3) is 3.33. The maximum Gasteiger partial charge on any atom is 0.294 e. The fourth-order valence-electron chi connectivity index (χ4n) is 2.09. The van der Waals surface area contributed by atoms with Gasteiger partial charge in [-0.25, -0.2) is 0 Å². The number of ether oxygens (including phenoxy) is 2. The molecule has 106 valence electrons. The van der Waals surface area contributed by atoms with Gasteiger partial charge in [-0.2, -0.15) is 8.42 Å². The maximum atomic E-state index is 11.4. The van der Waals surface area contributed by atoms with E-state index in [0.717, 1.165) is 5.56 Å². The molecule has 0 radical (unpaired) electrons. The topological polar surface area (TPSA) is 72.8 Å². The highest BCUT2D eigenvalue weighted by Crippen LogP contribution is 2.31. The molecule has 1 saturated heterocycles. The molecule has 19 heavy (non-hydrogen) atoms. The van der Waals surface area contributed by atoms with Gasteiger partial charge in [-0.1, -0.05) is 17.7 Å². The van der Waals surface area contributed by atoms with Gasteiger partial charge in [-0.3, -0.25) is 4.55 Å². The van der Waals surface area contributed by atoms with Gasteiger partial charge in [0.05, 0.1) is 18.1 Å². The molecule has 1 aromatic carbocycles. The SMILES string of the molecule is Cc1ccc(S(=O)(=O)O)c(C2COC(C)(C)OC2)c1. The lowest BCUT2D eigenvalue weighted by molar-refractivity contribution is -0.251. The van der Waals surface area contributed by atoms with Crippen molar-refractivity contribution in [3.63, 3.8) is 0 Å². The Hall–Kier alpha value is -0.950. The van der Waals surface area contributed by atoms with Gasteiger partial charge in [0.2, 0.25) is 0 Å². The molecule has 5 nitrogen and oxygen atoms in total. The van der Waals surface area contributed by atoms with E-state index < -0.39 is 15.9 Å². The number of hydrogen-bond acceptors (Lipinski definition) is 4. The summed E-state index contributed by atoms with van der Waals surface area (Å²) in [5, 5.41) is 0. The van der Waals surface area contributed by atoms with E-state index in [1.54, 1.807) is 12.1 Å². The van der Waals surface area contributed by atoms with Crippen LogP contribution in [0.2, 0.25) is 0 Å². The van der Waals surface area contributed by atoms with Crippen LogP contribution in [-0.4, -0.2) is 32.0 Å². The molecule has 1 aliphatic rings. The largest absolute Gasteiger partial charge is 0.350 e. The lowest BCUT2D eigenvalue weighted by Crippen LogP contribution is -2.38. The summed E-state index contributed by atoms with van der Waals surface area (Å²) in [5.74, 6) is -0.858. The molecule has 0 aromatic heterocycles. The summed E-state index contributed by atoms with van der Waals surface area (Å²) in [4.78, 5) is -0.0741. The Morgan fingerprint density at radius 2 is 1.84 bits per heavy atom. The second-order valence-corrected chi connectivity index (χ2v) is 6.63. The van der Waals surface area contributed by atoms with Crippen LogP contribution in [0, 0.1) is 6.92 Å². The summed E-state index contributed by atoms with van der Waals surface area (Å²) in [5.41, 5.74) is 1.46. The fourth-order valence-corrected chi connectivity index (χ4v) is 2.86. The van der Waals surface area contributed by atoms with Crippen molar-refractivity contribution in [1.82, 2.24) is 0 Å². The minimum atomic E-state index is -4.24. The molecule has 0 unspecified atom stereocenters. The highest BCUT2D eigenvalue weighted by molar-refractivity contribution is 7.85. The molecule has 0 atom stereocenters. The van der Waals surface area contributed by atoms with Crippen molar-refractivity contribution in [3.05, 3.63) is 29.3 Å². The Labute approximate surface area is 113 Å². The first kappa shape index (κ1) is 14.5. The quantitative estimate of drug-likeness (QED) is 0.843. The van der Waals surface area contributed by atoms with Crippen LogP contribution in [0.4, 0.5) is 0 Å². The van der Waals surface area contributed by atoms with Crippen LogP contribution in [-0.2, 0) is 19.6 Å². The summed E-state index contributed by atoms with van der Waals surface area (Å²) in [7, 11) is -4.24. The third-order valence-electron chi connectivity index (χ3n) is 3.15. The summed E-state index contributed by atoms with van der Waals surface area (Å²) in [6, 6.07) is 4.82. The van der Waals surface area contributed by atoms with Crippen molar-refractivity contribution in [3.8, 4) is 0 Å². The predicted octanol–water partition coefficient (Wildman–Crippen LogP) is 2.11. The van der Waals surface area contributed by atoms with Gasteiger partial charge < -0.3 is 9.47 Å². The van der Waals surface area contributed by atoms with E-state index in [4.69, 9.17) is 9.47 Å². The van der Waals surface area contributed by atoms with E-state index in [1.165, 1.54) is 6.07 Å². The molecule has 1 aliphatic heterocycles.